The highest BCUT2D eigenvalue weighted by atomic mass is 32.1. The van der Waals surface area contributed by atoms with Crippen LogP contribution < -0.4 is 4.74 Å². The van der Waals surface area contributed by atoms with Gasteiger partial charge in [-0.05, 0) is 18.4 Å². The quantitative estimate of drug-likeness (QED) is 0.457. The summed E-state index contributed by atoms with van der Waals surface area (Å²) < 4.78 is 16.9. The predicted octanol–water partition coefficient (Wildman–Crippen LogP) is 4.13. The van der Waals surface area contributed by atoms with Gasteiger partial charge in [0.1, 0.15) is 10.7 Å². The Morgan fingerprint density at radius 1 is 1.21 bits per heavy atom. The molecule has 5 rings (SSSR count). The minimum Gasteiger partial charge on any atom is -0.469 e. The van der Waals surface area contributed by atoms with Gasteiger partial charge >= 0.3 is 0 Å². The molecule has 0 N–H and O–H groups in total. The van der Waals surface area contributed by atoms with Crippen molar-refractivity contribution >= 4 is 32.9 Å². The van der Waals surface area contributed by atoms with Crippen LogP contribution in [0, 0.1) is 6.92 Å². The van der Waals surface area contributed by atoms with E-state index in [9.17, 15) is 0 Å². The second-order valence-corrected chi connectivity index (χ2v) is 8.67. The highest BCUT2D eigenvalue weighted by Gasteiger charge is 2.20. The molecule has 9 heteroatoms. The maximum absolute atomic E-state index is 6.13. The number of rotatable bonds is 6. The summed E-state index contributed by atoms with van der Waals surface area (Å²) >= 11 is 3.32. The Bertz CT molecular complexity index is 1100. The lowest BCUT2D eigenvalue weighted by molar-refractivity contribution is 0.0330. The molecule has 1 saturated heterocycles. The maximum Gasteiger partial charge on any atom is 0.226 e. The zero-order valence-corrected chi connectivity index (χ0v) is 17.6. The van der Waals surface area contributed by atoms with Crippen LogP contribution in [0.15, 0.2) is 33.5 Å². The summed E-state index contributed by atoms with van der Waals surface area (Å²) in [6.07, 6.45) is 0. The molecule has 0 atom stereocenters. The number of aryl methyl sites for hydroxylation is 1. The first kappa shape index (κ1) is 18.7. The van der Waals surface area contributed by atoms with Gasteiger partial charge in [0.05, 0.1) is 30.8 Å². The van der Waals surface area contributed by atoms with Crippen molar-refractivity contribution in [3.05, 3.63) is 46.2 Å². The van der Waals surface area contributed by atoms with Gasteiger partial charge in [0.2, 0.25) is 5.88 Å². The van der Waals surface area contributed by atoms with Gasteiger partial charge in [0.15, 0.2) is 12.4 Å². The van der Waals surface area contributed by atoms with E-state index in [1.54, 1.807) is 22.7 Å². The van der Waals surface area contributed by atoms with Crippen LogP contribution in [-0.4, -0.2) is 46.3 Å². The fraction of sp³-hybridized carbons (Fsp3) is 0.350. The van der Waals surface area contributed by atoms with Crippen molar-refractivity contribution in [1.29, 1.82) is 0 Å². The Labute approximate surface area is 175 Å². The van der Waals surface area contributed by atoms with E-state index in [0.29, 0.717) is 18.2 Å². The van der Waals surface area contributed by atoms with E-state index in [1.165, 1.54) is 4.88 Å². The fourth-order valence-electron chi connectivity index (χ4n) is 3.32. The molecule has 0 radical (unpaired) electrons. The molecule has 0 spiro atoms. The van der Waals surface area contributed by atoms with Crippen LogP contribution in [-0.2, 0) is 17.9 Å². The largest absolute Gasteiger partial charge is 0.469 e. The number of aromatic nitrogens is 3. The number of ether oxygens (including phenoxy) is 2. The maximum atomic E-state index is 6.13. The van der Waals surface area contributed by atoms with Gasteiger partial charge in [-0.1, -0.05) is 11.2 Å². The van der Waals surface area contributed by atoms with Crippen molar-refractivity contribution in [3.8, 4) is 16.3 Å². The van der Waals surface area contributed by atoms with Crippen molar-refractivity contribution in [3.63, 3.8) is 0 Å². The van der Waals surface area contributed by atoms with E-state index in [-0.39, 0.29) is 6.61 Å². The first-order valence-corrected chi connectivity index (χ1v) is 11.2. The van der Waals surface area contributed by atoms with Gasteiger partial charge in [-0.3, -0.25) is 4.90 Å². The number of hydrogen-bond acceptors (Lipinski definition) is 9. The number of hydrogen-bond donors (Lipinski definition) is 0. The summed E-state index contributed by atoms with van der Waals surface area (Å²) in [5.41, 5.74) is 1.95. The van der Waals surface area contributed by atoms with Gasteiger partial charge in [0.25, 0.3) is 0 Å². The summed E-state index contributed by atoms with van der Waals surface area (Å²) in [5, 5.41) is 9.10. The van der Waals surface area contributed by atoms with Crippen LogP contribution >= 0.6 is 22.7 Å². The number of morpholine rings is 1. The lowest BCUT2D eigenvalue weighted by atomic mass is 10.2. The molecule has 0 saturated carbocycles. The second-order valence-electron chi connectivity index (χ2n) is 6.86. The Morgan fingerprint density at radius 2 is 2.10 bits per heavy atom. The van der Waals surface area contributed by atoms with Crippen molar-refractivity contribution < 1.29 is 14.0 Å². The summed E-state index contributed by atoms with van der Waals surface area (Å²) in [7, 11) is 0. The van der Waals surface area contributed by atoms with Crippen LogP contribution in [0.5, 0.6) is 5.88 Å². The van der Waals surface area contributed by atoms with E-state index >= 15 is 0 Å². The minimum atomic E-state index is 0.281. The zero-order valence-electron chi connectivity index (χ0n) is 16.0. The standard InChI is InChI=1S/C20H20N4O3S2/c1-13-9-14(27-23-13)11-26-19-18-15(16-3-2-8-28-16)12-29-20(18)22-17(21-19)10-24-4-6-25-7-5-24/h2-3,8-9,12H,4-7,10-11H2,1H3. The zero-order chi connectivity index (χ0) is 19.6. The molecule has 29 heavy (non-hydrogen) atoms. The summed E-state index contributed by atoms with van der Waals surface area (Å²) in [6, 6.07) is 6.03. The smallest absolute Gasteiger partial charge is 0.226 e. The first-order valence-electron chi connectivity index (χ1n) is 9.43. The normalized spacial score (nSPS) is 15.2. The molecule has 1 aliphatic heterocycles. The number of thiophene rings is 2. The van der Waals surface area contributed by atoms with Crippen LogP contribution in [0.1, 0.15) is 17.3 Å². The molecule has 5 heterocycles. The van der Waals surface area contributed by atoms with E-state index in [0.717, 1.165) is 53.6 Å². The lowest BCUT2D eigenvalue weighted by Crippen LogP contribution is -2.36. The molecule has 0 bridgehead atoms. The molecule has 0 aromatic carbocycles. The fourth-order valence-corrected chi connectivity index (χ4v) is 5.09. The molecular formula is C20H20N4O3S2. The van der Waals surface area contributed by atoms with E-state index < -0.39 is 0 Å². The molecule has 1 aliphatic rings. The van der Waals surface area contributed by atoms with Crippen LogP contribution in [0.2, 0.25) is 0 Å². The Balaban J connectivity index is 1.50. The van der Waals surface area contributed by atoms with Gasteiger partial charge in [-0.15, -0.1) is 22.7 Å². The summed E-state index contributed by atoms with van der Waals surface area (Å²) in [5.74, 6) is 2.04. The highest BCUT2D eigenvalue weighted by Crippen LogP contribution is 2.40. The van der Waals surface area contributed by atoms with Crippen LogP contribution in [0.25, 0.3) is 20.7 Å². The monoisotopic (exact) mass is 428 g/mol. The average molecular weight is 429 g/mol. The van der Waals surface area contributed by atoms with E-state index in [2.05, 4.69) is 32.9 Å². The molecule has 7 nitrogen and oxygen atoms in total. The van der Waals surface area contributed by atoms with Crippen molar-refractivity contribution in [2.75, 3.05) is 26.3 Å². The van der Waals surface area contributed by atoms with Gasteiger partial charge < -0.3 is 14.0 Å². The predicted molar refractivity (Wildman–Crippen MR) is 112 cm³/mol. The first-order chi connectivity index (χ1) is 14.3. The molecule has 4 aromatic heterocycles. The topological polar surface area (TPSA) is 73.5 Å². The van der Waals surface area contributed by atoms with Gasteiger partial charge in [-0.25, -0.2) is 4.98 Å². The molecule has 0 unspecified atom stereocenters. The van der Waals surface area contributed by atoms with E-state index in [1.807, 2.05) is 13.0 Å². The van der Waals surface area contributed by atoms with Crippen molar-refractivity contribution in [2.24, 2.45) is 0 Å². The third-order valence-electron chi connectivity index (χ3n) is 4.73. The third kappa shape index (κ3) is 4.04. The number of nitrogens with zero attached hydrogens (tertiary/aromatic N) is 4. The molecule has 0 aliphatic carbocycles. The lowest BCUT2D eigenvalue weighted by Gasteiger charge is -2.25. The minimum absolute atomic E-state index is 0.281. The Morgan fingerprint density at radius 3 is 2.86 bits per heavy atom. The summed E-state index contributed by atoms with van der Waals surface area (Å²) in [6.45, 7) is 6.13. The molecule has 150 valence electrons. The third-order valence-corrected chi connectivity index (χ3v) is 6.51. The highest BCUT2D eigenvalue weighted by molar-refractivity contribution is 7.18. The van der Waals surface area contributed by atoms with Crippen molar-refractivity contribution in [1.82, 2.24) is 20.0 Å². The Hall–Kier alpha value is -2.33. The Kier molecular flexibility index (Phi) is 5.28. The summed E-state index contributed by atoms with van der Waals surface area (Å²) in [4.78, 5) is 14.1. The SMILES string of the molecule is Cc1cc(COc2nc(CN3CCOCC3)nc3scc(-c4cccs4)c23)on1. The molecule has 0 amide bonds. The number of fused-ring (bicyclic) bond motifs is 1. The van der Waals surface area contributed by atoms with Gasteiger partial charge in [-0.2, -0.15) is 4.98 Å². The molecular weight excluding hydrogens is 408 g/mol. The molecule has 1 fully saturated rings. The molecule has 4 aromatic rings. The second kappa shape index (κ2) is 8.19. The van der Waals surface area contributed by atoms with Crippen LogP contribution in [0.4, 0.5) is 0 Å². The average Bonchev–Trinajstić information content (AvgIpc) is 3.47. The van der Waals surface area contributed by atoms with E-state index in [4.69, 9.17) is 24.0 Å². The van der Waals surface area contributed by atoms with Gasteiger partial charge in [0, 0.05) is 35.0 Å². The van der Waals surface area contributed by atoms with Crippen molar-refractivity contribution in [2.45, 2.75) is 20.1 Å². The van der Waals surface area contributed by atoms with Crippen LogP contribution in [0.3, 0.4) is 0 Å².